The van der Waals surface area contributed by atoms with Crippen molar-refractivity contribution in [2.45, 2.75) is 17.3 Å². The average molecular weight is 422 g/mol. The number of hydrogen-bond donors (Lipinski definition) is 2. The van der Waals surface area contributed by atoms with Crippen LogP contribution >= 0.6 is 22.6 Å². The van der Waals surface area contributed by atoms with E-state index in [0.29, 0.717) is 22.9 Å². The number of alkyl halides is 1. The number of aromatic hydroxyl groups is 2. The molecule has 3 aromatic carbocycles. The lowest BCUT2D eigenvalue weighted by atomic mass is 10.0. The Bertz CT molecular complexity index is 904. The maximum absolute atomic E-state index is 12.2. The SMILES string of the molecule is CCC(I)C(=O)Oc1c2ccccc2cc2c(O)c(O)ccc12. The molecule has 0 aliphatic heterocycles. The van der Waals surface area contributed by atoms with Gasteiger partial charge in [-0.2, -0.15) is 0 Å². The van der Waals surface area contributed by atoms with Crippen LogP contribution in [-0.4, -0.2) is 20.1 Å². The van der Waals surface area contributed by atoms with Crippen LogP contribution in [0.5, 0.6) is 17.2 Å². The van der Waals surface area contributed by atoms with Crippen LogP contribution in [0.2, 0.25) is 0 Å². The minimum atomic E-state index is -0.321. The molecule has 1 atom stereocenters. The number of hydrogen-bond acceptors (Lipinski definition) is 4. The predicted octanol–water partition coefficient (Wildman–Crippen LogP) is 4.52. The normalized spacial score (nSPS) is 12.4. The summed E-state index contributed by atoms with van der Waals surface area (Å²) < 4.78 is 5.41. The molecule has 1 unspecified atom stereocenters. The third kappa shape index (κ3) is 2.81. The maximum atomic E-state index is 12.2. The lowest BCUT2D eigenvalue weighted by Gasteiger charge is -2.14. The molecule has 0 radical (unpaired) electrons. The summed E-state index contributed by atoms with van der Waals surface area (Å²) in [6, 6.07) is 12.3. The highest BCUT2D eigenvalue weighted by Crippen LogP contribution is 2.42. The van der Waals surface area contributed by atoms with Crippen molar-refractivity contribution in [1.29, 1.82) is 0 Å². The fourth-order valence-electron chi connectivity index (χ4n) is 2.51. The smallest absolute Gasteiger partial charge is 0.324 e. The highest BCUT2D eigenvalue weighted by Gasteiger charge is 2.20. The van der Waals surface area contributed by atoms with Gasteiger partial charge in [0.25, 0.3) is 0 Å². The lowest BCUT2D eigenvalue weighted by molar-refractivity contribution is -0.133. The molecule has 3 aromatic rings. The van der Waals surface area contributed by atoms with Crippen molar-refractivity contribution in [2.75, 3.05) is 0 Å². The number of carbonyl (C=O) groups excluding carboxylic acids is 1. The molecule has 0 aliphatic carbocycles. The van der Waals surface area contributed by atoms with Gasteiger partial charge < -0.3 is 14.9 Å². The van der Waals surface area contributed by atoms with E-state index >= 15 is 0 Å². The Labute approximate surface area is 146 Å². The maximum Gasteiger partial charge on any atom is 0.324 e. The highest BCUT2D eigenvalue weighted by molar-refractivity contribution is 14.1. The van der Waals surface area contributed by atoms with E-state index in [1.807, 2.05) is 31.2 Å². The van der Waals surface area contributed by atoms with Gasteiger partial charge in [0.05, 0.1) is 0 Å². The molecule has 118 valence electrons. The van der Waals surface area contributed by atoms with Gasteiger partial charge in [0.2, 0.25) is 0 Å². The van der Waals surface area contributed by atoms with Crippen LogP contribution in [0, 0.1) is 0 Å². The van der Waals surface area contributed by atoms with Gasteiger partial charge in [-0.3, -0.25) is 4.79 Å². The zero-order valence-corrected chi connectivity index (χ0v) is 14.6. The van der Waals surface area contributed by atoms with Crippen LogP contribution in [-0.2, 0) is 4.79 Å². The quantitative estimate of drug-likeness (QED) is 0.163. The summed E-state index contributed by atoms with van der Waals surface area (Å²) in [5.41, 5.74) is 0. The fraction of sp³-hybridized carbons (Fsp3) is 0.167. The van der Waals surface area contributed by atoms with Crippen molar-refractivity contribution in [3.05, 3.63) is 42.5 Å². The molecule has 23 heavy (non-hydrogen) atoms. The summed E-state index contributed by atoms with van der Waals surface area (Å²) in [7, 11) is 0. The fourth-order valence-corrected chi connectivity index (χ4v) is 2.64. The van der Waals surface area contributed by atoms with Crippen LogP contribution in [0.15, 0.2) is 42.5 Å². The van der Waals surface area contributed by atoms with Crippen molar-refractivity contribution in [3.8, 4) is 17.2 Å². The summed E-state index contributed by atoms with van der Waals surface area (Å²) in [5, 5.41) is 22.5. The van der Waals surface area contributed by atoms with Gasteiger partial charge in [0, 0.05) is 16.2 Å². The van der Waals surface area contributed by atoms with Crippen LogP contribution in [0.4, 0.5) is 0 Å². The number of rotatable bonds is 3. The molecular formula is C18H15IO4. The standard InChI is InChI=1S/C18H15IO4/c1-2-14(19)18(22)23-17-11-6-4-3-5-10(11)9-13-12(17)7-8-15(20)16(13)21/h3-9,14,20-21H,2H2,1H3. The van der Waals surface area contributed by atoms with Crippen molar-refractivity contribution in [2.24, 2.45) is 0 Å². The summed E-state index contributed by atoms with van der Waals surface area (Å²) in [6.07, 6.45) is 0.675. The number of halogens is 1. The number of benzene rings is 3. The summed E-state index contributed by atoms with van der Waals surface area (Å²) in [4.78, 5) is 12.2. The molecule has 3 rings (SSSR count). The number of fused-ring (bicyclic) bond motifs is 2. The minimum absolute atomic E-state index is 0.203. The Morgan fingerprint density at radius 1 is 1.13 bits per heavy atom. The lowest BCUT2D eigenvalue weighted by Crippen LogP contribution is -2.19. The largest absolute Gasteiger partial charge is 0.504 e. The van der Waals surface area contributed by atoms with Gasteiger partial charge in [-0.25, -0.2) is 0 Å². The molecule has 5 heteroatoms. The van der Waals surface area contributed by atoms with Gasteiger partial charge in [-0.15, -0.1) is 0 Å². The first-order valence-corrected chi connectivity index (χ1v) is 8.49. The molecule has 0 aliphatic rings. The molecule has 0 heterocycles. The number of ether oxygens (including phenoxy) is 1. The van der Waals surface area contributed by atoms with Gasteiger partial charge in [-0.05, 0) is 30.0 Å². The van der Waals surface area contributed by atoms with E-state index in [4.69, 9.17) is 4.74 Å². The topological polar surface area (TPSA) is 66.8 Å². The van der Waals surface area contributed by atoms with Crippen LogP contribution in [0.25, 0.3) is 21.5 Å². The first-order valence-electron chi connectivity index (χ1n) is 7.25. The van der Waals surface area contributed by atoms with E-state index in [0.717, 1.165) is 10.8 Å². The van der Waals surface area contributed by atoms with Crippen molar-refractivity contribution in [1.82, 2.24) is 0 Å². The highest BCUT2D eigenvalue weighted by atomic mass is 127. The van der Waals surface area contributed by atoms with E-state index in [9.17, 15) is 15.0 Å². The van der Waals surface area contributed by atoms with E-state index in [2.05, 4.69) is 22.6 Å². The third-order valence-electron chi connectivity index (χ3n) is 3.76. The summed E-state index contributed by atoms with van der Waals surface area (Å²) in [6.45, 7) is 1.92. The third-order valence-corrected chi connectivity index (χ3v) is 5.15. The molecular weight excluding hydrogens is 407 g/mol. The Kier molecular flexibility index (Phi) is 4.30. The van der Waals surface area contributed by atoms with Crippen LogP contribution in [0.3, 0.4) is 0 Å². The molecule has 0 saturated heterocycles. The molecule has 2 N–H and O–H groups in total. The van der Waals surface area contributed by atoms with Gasteiger partial charge in [-0.1, -0.05) is 53.8 Å². The monoisotopic (exact) mass is 422 g/mol. The van der Waals surface area contributed by atoms with Crippen molar-refractivity contribution >= 4 is 50.1 Å². The van der Waals surface area contributed by atoms with Crippen molar-refractivity contribution < 1.29 is 19.7 Å². The zero-order chi connectivity index (χ0) is 16.6. The molecule has 0 bridgehead atoms. The van der Waals surface area contributed by atoms with Crippen LogP contribution in [0.1, 0.15) is 13.3 Å². The second kappa shape index (κ2) is 6.23. The molecule has 0 saturated carbocycles. The summed E-state index contributed by atoms with van der Waals surface area (Å²) >= 11 is 2.05. The van der Waals surface area contributed by atoms with E-state index in [1.165, 1.54) is 6.07 Å². The number of carbonyl (C=O) groups is 1. The Balaban J connectivity index is 2.30. The van der Waals surface area contributed by atoms with E-state index in [1.54, 1.807) is 12.1 Å². The Morgan fingerprint density at radius 2 is 1.87 bits per heavy atom. The molecule has 0 spiro atoms. The molecule has 0 aromatic heterocycles. The number of phenols is 2. The average Bonchev–Trinajstić information content (AvgIpc) is 2.57. The first-order chi connectivity index (χ1) is 11.0. The zero-order valence-electron chi connectivity index (χ0n) is 12.4. The van der Waals surface area contributed by atoms with Crippen molar-refractivity contribution in [3.63, 3.8) is 0 Å². The first kappa shape index (κ1) is 15.9. The van der Waals surface area contributed by atoms with E-state index < -0.39 is 0 Å². The molecule has 4 nitrogen and oxygen atoms in total. The van der Waals surface area contributed by atoms with E-state index in [-0.39, 0.29) is 21.4 Å². The van der Waals surface area contributed by atoms with Crippen LogP contribution < -0.4 is 4.74 Å². The number of esters is 1. The summed E-state index contributed by atoms with van der Waals surface area (Å²) in [5.74, 6) is -0.329. The Hall–Kier alpha value is -2.02. The molecule has 0 amide bonds. The molecule has 0 fully saturated rings. The second-order valence-corrected chi connectivity index (χ2v) is 6.76. The minimum Gasteiger partial charge on any atom is -0.504 e. The predicted molar refractivity (Wildman–Crippen MR) is 98.5 cm³/mol. The second-order valence-electron chi connectivity index (χ2n) is 5.25. The van der Waals surface area contributed by atoms with Gasteiger partial charge in [0.1, 0.15) is 9.67 Å². The van der Waals surface area contributed by atoms with Gasteiger partial charge >= 0.3 is 5.97 Å². The Morgan fingerprint density at radius 3 is 2.61 bits per heavy atom. The van der Waals surface area contributed by atoms with Gasteiger partial charge in [0.15, 0.2) is 11.5 Å². The number of phenolic OH excluding ortho intramolecular Hbond substituents is 2.